The Morgan fingerprint density at radius 3 is 2.38 bits per heavy atom. The predicted molar refractivity (Wildman–Crippen MR) is 201 cm³/mol. The highest BCUT2D eigenvalue weighted by Gasteiger charge is 2.41. The summed E-state index contributed by atoms with van der Waals surface area (Å²) in [6.45, 7) is 14.0. The Kier molecular flexibility index (Phi) is 14.5. The van der Waals surface area contributed by atoms with E-state index in [0.717, 1.165) is 67.8 Å². The largest absolute Gasteiger partial charge is 0.379 e. The van der Waals surface area contributed by atoms with Gasteiger partial charge in [0.15, 0.2) is 5.69 Å². The lowest BCUT2D eigenvalue weighted by Gasteiger charge is -2.45. The van der Waals surface area contributed by atoms with E-state index in [1.807, 2.05) is 48.2 Å². The number of amides is 3. The summed E-state index contributed by atoms with van der Waals surface area (Å²) >= 11 is 0. The van der Waals surface area contributed by atoms with Gasteiger partial charge in [-0.1, -0.05) is 67.9 Å². The van der Waals surface area contributed by atoms with Crippen molar-refractivity contribution in [3.05, 3.63) is 83.2 Å². The molecule has 2 aliphatic heterocycles. The number of aromatic nitrogens is 1. The SMILES string of the molecule is CCc1cccc(-c2cnc(C(=O)NCCOCCOCCC(=O)N3CCN(CC)CC3)c(NC3(CN(C=O)Cc4cccc(C)c4)COC3)c2)c1. The molecule has 0 spiro atoms. The van der Waals surface area contributed by atoms with Crippen molar-refractivity contribution in [2.75, 3.05) is 90.8 Å². The Hall–Kier alpha value is -4.36. The van der Waals surface area contributed by atoms with Crippen LogP contribution in [-0.2, 0) is 36.8 Å². The van der Waals surface area contributed by atoms with Crippen LogP contribution in [0.5, 0.6) is 0 Å². The Balaban J connectivity index is 1.15. The molecule has 1 aromatic heterocycles. The Labute approximate surface area is 307 Å². The molecule has 3 heterocycles. The van der Waals surface area contributed by atoms with Crippen LogP contribution in [0.3, 0.4) is 0 Å². The molecule has 0 radical (unpaired) electrons. The standard InChI is InChI=1S/C40H54N6O6/c1-4-32-9-7-11-34(23-32)35-24-36(43-40(28-52-29-40)27-45(30-47)26-33-10-6-8-31(3)22-33)38(42-25-35)39(49)41-13-19-51-21-20-50-18-12-37(48)46-16-14-44(5-2)15-17-46/h6-11,22-25,30,43H,4-5,12-21,26-29H2,1-3H3,(H,41,49). The zero-order valence-electron chi connectivity index (χ0n) is 30.9. The first-order valence-corrected chi connectivity index (χ1v) is 18.5. The van der Waals surface area contributed by atoms with E-state index in [1.165, 1.54) is 5.56 Å². The number of benzene rings is 2. The molecule has 2 N–H and O–H groups in total. The van der Waals surface area contributed by atoms with E-state index >= 15 is 0 Å². The minimum Gasteiger partial charge on any atom is -0.379 e. The Morgan fingerprint density at radius 1 is 0.942 bits per heavy atom. The molecule has 280 valence electrons. The van der Waals surface area contributed by atoms with Crippen LogP contribution in [0.2, 0.25) is 0 Å². The quantitative estimate of drug-likeness (QED) is 0.133. The molecule has 2 aliphatic rings. The van der Waals surface area contributed by atoms with Crippen LogP contribution in [0, 0.1) is 6.92 Å². The average Bonchev–Trinajstić information content (AvgIpc) is 3.15. The van der Waals surface area contributed by atoms with Crippen LogP contribution < -0.4 is 10.6 Å². The molecule has 12 nitrogen and oxygen atoms in total. The van der Waals surface area contributed by atoms with Gasteiger partial charge in [-0.15, -0.1) is 0 Å². The second kappa shape index (κ2) is 19.5. The highest BCUT2D eigenvalue weighted by atomic mass is 16.5. The molecule has 2 aromatic carbocycles. The first-order chi connectivity index (χ1) is 25.3. The van der Waals surface area contributed by atoms with Gasteiger partial charge in [-0.25, -0.2) is 4.98 Å². The van der Waals surface area contributed by atoms with Crippen molar-refractivity contribution in [3.63, 3.8) is 0 Å². The zero-order chi connectivity index (χ0) is 36.8. The highest BCUT2D eigenvalue weighted by molar-refractivity contribution is 5.98. The van der Waals surface area contributed by atoms with E-state index in [4.69, 9.17) is 14.2 Å². The van der Waals surface area contributed by atoms with Gasteiger partial charge in [0.2, 0.25) is 12.3 Å². The van der Waals surface area contributed by atoms with Crippen molar-refractivity contribution in [1.29, 1.82) is 0 Å². The normalized spacial score (nSPS) is 15.5. The summed E-state index contributed by atoms with van der Waals surface area (Å²) in [6, 6.07) is 18.3. The summed E-state index contributed by atoms with van der Waals surface area (Å²) in [6.07, 6.45) is 3.85. The second-order valence-corrected chi connectivity index (χ2v) is 13.6. The number of anilines is 1. The molecule has 5 rings (SSSR count). The molecule has 3 amide bonds. The summed E-state index contributed by atoms with van der Waals surface area (Å²) in [5.41, 5.74) is 5.49. The minimum absolute atomic E-state index is 0.128. The number of ether oxygens (including phenoxy) is 3. The fourth-order valence-corrected chi connectivity index (χ4v) is 6.54. The van der Waals surface area contributed by atoms with Crippen LogP contribution in [0.1, 0.15) is 47.4 Å². The molecular weight excluding hydrogens is 660 g/mol. The van der Waals surface area contributed by atoms with E-state index < -0.39 is 5.54 Å². The second-order valence-electron chi connectivity index (χ2n) is 13.6. The smallest absolute Gasteiger partial charge is 0.272 e. The Morgan fingerprint density at radius 2 is 1.69 bits per heavy atom. The van der Waals surface area contributed by atoms with E-state index in [9.17, 15) is 14.4 Å². The third-order valence-corrected chi connectivity index (χ3v) is 9.59. The van der Waals surface area contributed by atoms with Crippen molar-refractivity contribution >= 4 is 23.9 Å². The number of aryl methyl sites for hydroxylation is 2. The van der Waals surface area contributed by atoms with Crippen molar-refractivity contribution < 1.29 is 28.6 Å². The van der Waals surface area contributed by atoms with Gasteiger partial charge in [0.25, 0.3) is 5.91 Å². The maximum absolute atomic E-state index is 13.5. The van der Waals surface area contributed by atoms with Gasteiger partial charge in [-0.3, -0.25) is 14.4 Å². The molecule has 0 atom stereocenters. The number of hydrogen-bond acceptors (Lipinski definition) is 9. The van der Waals surface area contributed by atoms with Crippen LogP contribution in [0.4, 0.5) is 5.69 Å². The van der Waals surface area contributed by atoms with Gasteiger partial charge in [0, 0.05) is 57.6 Å². The van der Waals surface area contributed by atoms with Gasteiger partial charge >= 0.3 is 0 Å². The highest BCUT2D eigenvalue weighted by Crippen LogP contribution is 2.30. The van der Waals surface area contributed by atoms with Gasteiger partial charge in [-0.2, -0.15) is 0 Å². The number of carbonyl (C=O) groups excluding carboxylic acids is 3. The number of nitrogens with one attached hydrogen (secondary N) is 2. The third-order valence-electron chi connectivity index (χ3n) is 9.59. The number of rotatable bonds is 20. The van der Waals surface area contributed by atoms with Gasteiger partial charge in [-0.05, 0) is 42.6 Å². The number of piperazine rings is 1. The van der Waals surface area contributed by atoms with Gasteiger partial charge in [0.1, 0.15) is 5.54 Å². The minimum atomic E-state index is -0.594. The van der Waals surface area contributed by atoms with E-state index in [2.05, 4.69) is 52.6 Å². The molecule has 2 saturated heterocycles. The number of hydrogen-bond donors (Lipinski definition) is 2. The maximum atomic E-state index is 13.5. The van der Waals surface area contributed by atoms with Crippen LogP contribution in [0.15, 0.2) is 60.8 Å². The van der Waals surface area contributed by atoms with E-state index in [-0.39, 0.29) is 24.1 Å². The van der Waals surface area contributed by atoms with Crippen molar-refractivity contribution in [3.8, 4) is 11.1 Å². The topological polar surface area (TPSA) is 126 Å². The number of nitrogens with zero attached hydrogens (tertiary/aromatic N) is 4. The number of carbonyl (C=O) groups is 3. The molecule has 2 fully saturated rings. The predicted octanol–water partition coefficient (Wildman–Crippen LogP) is 3.78. The molecule has 0 bridgehead atoms. The summed E-state index contributed by atoms with van der Waals surface area (Å²) < 4.78 is 17.0. The van der Waals surface area contributed by atoms with Crippen molar-refractivity contribution in [2.24, 2.45) is 0 Å². The molecule has 0 aliphatic carbocycles. The van der Waals surface area contributed by atoms with Gasteiger partial charge in [0.05, 0.1) is 51.7 Å². The molecule has 0 unspecified atom stereocenters. The van der Waals surface area contributed by atoms with Crippen molar-refractivity contribution in [1.82, 2.24) is 25.0 Å². The summed E-state index contributed by atoms with van der Waals surface area (Å²) in [5.74, 6) is -0.208. The van der Waals surface area contributed by atoms with Gasteiger partial charge < -0.3 is 39.5 Å². The van der Waals surface area contributed by atoms with Crippen LogP contribution >= 0.6 is 0 Å². The van der Waals surface area contributed by atoms with Crippen molar-refractivity contribution in [2.45, 2.75) is 45.7 Å². The monoisotopic (exact) mass is 714 g/mol. The number of likely N-dealkylation sites (N-methyl/N-ethyl adjacent to an activating group) is 1. The fourth-order valence-electron chi connectivity index (χ4n) is 6.54. The fraction of sp³-hybridized carbons (Fsp3) is 0.500. The molecule has 12 heteroatoms. The molecule has 52 heavy (non-hydrogen) atoms. The lowest BCUT2D eigenvalue weighted by molar-refractivity contribution is -0.134. The summed E-state index contributed by atoms with van der Waals surface area (Å²) in [5, 5.41) is 6.51. The third kappa shape index (κ3) is 11.1. The maximum Gasteiger partial charge on any atom is 0.272 e. The molecule has 3 aromatic rings. The average molecular weight is 715 g/mol. The van der Waals surface area contributed by atoms with Crippen LogP contribution in [-0.4, -0.2) is 129 Å². The summed E-state index contributed by atoms with van der Waals surface area (Å²) in [7, 11) is 0. The van der Waals surface area contributed by atoms with E-state index in [1.54, 1.807) is 11.1 Å². The van der Waals surface area contributed by atoms with E-state index in [0.29, 0.717) is 64.8 Å². The molecular formula is C40H54N6O6. The Bertz CT molecular complexity index is 1620. The first-order valence-electron chi connectivity index (χ1n) is 18.5. The summed E-state index contributed by atoms with van der Waals surface area (Å²) in [4.78, 5) is 48.8. The van der Waals surface area contributed by atoms with Crippen LogP contribution in [0.25, 0.3) is 11.1 Å². The lowest BCUT2D eigenvalue weighted by atomic mass is 9.94. The number of pyridine rings is 1. The molecule has 0 saturated carbocycles. The lowest BCUT2D eigenvalue weighted by Crippen LogP contribution is -2.62. The zero-order valence-corrected chi connectivity index (χ0v) is 30.9. The first kappa shape index (κ1) is 38.9.